The third-order valence-corrected chi connectivity index (χ3v) is 1.96. The van der Waals surface area contributed by atoms with Crippen LogP contribution in [0, 0.1) is 12.0 Å². The molecule has 1 nitrogen and oxygen atoms in total. The number of rotatable bonds is 2. The minimum absolute atomic E-state index is 0.499. The van der Waals surface area contributed by atoms with Gasteiger partial charge in [-0.2, -0.15) is 0 Å². The quantitative estimate of drug-likeness (QED) is 0.481. The Bertz CT molecular complexity index is 225. The lowest BCUT2D eigenvalue weighted by atomic mass is 10.3. The van der Waals surface area contributed by atoms with Crippen molar-refractivity contribution in [2.45, 2.75) is 0 Å². The SMILES string of the molecule is C#C[SiH2]Nc1ccccc1. The van der Waals surface area contributed by atoms with Gasteiger partial charge in [-0.1, -0.05) is 18.2 Å². The molecular formula is C8H9NSi. The third kappa shape index (κ3) is 1.96. The van der Waals surface area contributed by atoms with Crippen molar-refractivity contribution in [3.8, 4) is 12.0 Å². The lowest BCUT2D eigenvalue weighted by molar-refractivity contribution is 1.67. The molecule has 0 bridgehead atoms. The zero-order chi connectivity index (χ0) is 7.23. The van der Waals surface area contributed by atoms with Crippen LogP contribution in [0.5, 0.6) is 0 Å². The van der Waals surface area contributed by atoms with E-state index in [9.17, 15) is 0 Å². The second-order valence-electron chi connectivity index (χ2n) is 1.92. The van der Waals surface area contributed by atoms with Crippen LogP contribution in [0.25, 0.3) is 0 Å². The van der Waals surface area contributed by atoms with Crippen LogP contribution in [0.4, 0.5) is 5.69 Å². The van der Waals surface area contributed by atoms with Gasteiger partial charge in [-0.3, -0.25) is 0 Å². The molecule has 0 heterocycles. The van der Waals surface area contributed by atoms with E-state index in [1.165, 1.54) is 0 Å². The Hall–Kier alpha value is -1.20. The summed E-state index contributed by atoms with van der Waals surface area (Å²) in [5, 5.41) is 0. The molecule has 0 saturated heterocycles. The summed E-state index contributed by atoms with van der Waals surface area (Å²) in [7, 11) is -0.499. The van der Waals surface area contributed by atoms with Crippen LogP contribution in [-0.4, -0.2) is 9.68 Å². The van der Waals surface area contributed by atoms with Gasteiger partial charge in [0, 0.05) is 5.69 Å². The van der Waals surface area contributed by atoms with E-state index in [2.05, 4.69) is 10.5 Å². The fourth-order valence-corrected chi connectivity index (χ4v) is 1.25. The maximum absolute atomic E-state index is 5.13. The molecule has 0 aliphatic heterocycles. The Labute approximate surface area is 63.4 Å². The third-order valence-electron chi connectivity index (χ3n) is 1.17. The van der Waals surface area contributed by atoms with Gasteiger partial charge in [-0.05, 0) is 12.1 Å². The van der Waals surface area contributed by atoms with Crippen LogP contribution in [0.1, 0.15) is 0 Å². The average Bonchev–Trinajstić information content (AvgIpc) is 2.03. The van der Waals surface area contributed by atoms with Crippen LogP contribution in [0.3, 0.4) is 0 Å². The van der Waals surface area contributed by atoms with E-state index in [-0.39, 0.29) is 0 Å². The smallest absolute Gasteiger partial charge is 0.203 e. The van der Waals surface area contributed by atoms with Crippen LogP contribution < -0.4 is 4.98 Å². The first kappa shape index (κ1) is 6.91. The molecule has 0 spiro atoms. The van der Waals surface area contributed by atoms with E-state index in [1.807, 2.05) is 30.3 Å². The zero-order valence-electron chi connectivity index (χ0n) is 5.67. The summed E-state index contributed by atoms with van der Waals surface area (Å²) in [5.41, 5.74) is 3.78. The largest absolute Gasteiger partial charge is 0.406 e. The molecule has 10 heavy (non-hydrogen) atoms. The number of hydrogen-bond acceptors (Lipinski definition) is 1. The van der Waals surface area contributed by atoms with Crippen molar-refractivity contribution in [2.24, 2.45) is 0 Å². The molecule has 0 fully saturated rings. The van der Waals surface area contributed by atoms with Crippen molar-refractivity contribution in [1.29, 1.82) is 0 Å². The Morgan fingerprint density at radius 1 is 1.30 bits per heavy atom. The number of para-hydroxylation sites is 1. The molecule has 1 aromatic carbocycles. The highest BCUT2D eigenvalue weighted by Crippen LogP contribution is 2.02. The maximum atomic E-state index is 5.13. The topological polar surface area (TPSA) is 12.0 Å². The van der Waals surface area contributed by atoms with Gasteiger partial charge in [0.15, 0.2) is 0 Å². The second-order valence-corrected chi connectivity index (χ2v) is 3.04. The predicted octanol–water partition coefficient (Wildman–Crippen LogP) is 0.773. The fourth-order valence-electron chi connectivity index (χ4n) is 0.709. The van der Waals surface area contributed by atoms with Crippen LogP contribution in [-0.2, 0) is 0 Å². The van der Waals surface area contributed by atoms with Crippen molar-refractivity contribution in [3.63, 3.8) is 0 Å². The molecule has 1 N–H and O–H groups in total. The van der Waals surface area contributed by atoms with Crippen LogP contribution >= 0.6 is 0 Å². The minimum Gasteiger partial charge on any atom is -0.406 e. The average molecular weight is 147 g/mol. The molecule has 0 radical (unpaired) electrons. The molecule has 0 aliphatic carbocycles. The number of terminal acetylenes is 1. The van der Waals surface area contributed by atoms with Gasteiger partial charge in [0.2, 0.25) is 9.68 Å². The van der Waals surface area contributed by atoms with Crippen molar-refractivity contribution < 1.29 is 0 Å². The monoisotopic (exact) mass is 147 g/mol. The molecule has 0 amide bonds. The van der Waals surface area contributed by atoms with Gasteiger partial charge in [0.25, 0.3) is 0 Å². The Kier molecular flexibility index (Phi) is 2.59. The van der Waals surface area contributed by atoms with E-state index in [4.69, 9.17) is 6.42 Å². The van der Waals surface area contributed by atoms with Gasteiger partial charge in [-0.15, -0.1) is 12.0 Å². The standard InChI is InChI=1S/C8H9NSi/c1-2-10-9-8-6-4-3-5-7-8/h1,3-7,9H,10H2. The fraction of sp³-hybridized carbons (Fsp3) is 0. The number of hydrogen-bond donors (Lipinski definition) is 1. The summed E-state index contributed by atoms with van der Waals surface area (Å²) in [4.78, 5) is 3.20. The number of benzene rings is 1. The molecule has 1 rings (SSSR count). The predicted molar refractivity (Wildman–Crippen MR) is 47.4 cm³/mol. The van der Waals surface area contributed by atoms with Gasteiger partial charge in [0.05, 0.1) is 0 Å². The molecule has 0 saturated carbocycles. The minimum atomic E-state index is -0.499. The molecular weight excluding hydrogens is 138 g/mol. The summed E-state index contributed by atoms with van der Waals surface area (Å²) < 4.78 is 0. The Morgan fingerprint density at radius 2 is 2.00 bits per heavy atom. The first-order chi connectivity index (χ1) is 4.93. The molecule has 1 aromatic rings. The van der Waals surface area contributed by atoms with E-state index >= 15 is 0 Å². The second kappa shape index (κ2) is 3.75. The van der Waals surface area contributed by atoms with E-state index in [1.54, 1.807) is 0 Å². The van der Waals surface area contributed by atoms with E-state index in [0.29, 0.717) is 0 Å². The summed E-state index contributed by atoms with van der Waals surface area (Å²) in [6.45, 7) is 0. The summed E-state index contributed by atoms with van der Waals surface area (Å²) in [6, 6.07) is 10.0. The van der Waals surface area contributed by atoms with Crippen molar-refractivity contribution in [3.05, 3.63) is 30.3 Å². The van der Waals surface area contributed by atoms with Gasteiger partial charge >= 0.3 is 0 Å². The molecule has 0 unspecified atom stereocenters. The summed E-state index contributed by atoms with van der Waals surface area (Å²) >= 11 is 0. The van der Waals surface area contributed by atoms with Crippen molar-refractivity contribution >= 4 is 15.4 Å². The first-order valence-electron chi connectivity index (χ1n) is 3.16. The molecule has 0 aromatic heterocycles. The van der Waals surface area contributed by atoms with E-state index < -0.39 is 9.68 Å². The van der Waals surface area contributed by atoms with Crippen molar-refractivity contribution in [1.82, 2.24) is 0 Å². The van der Waals surface area contributed by atoms with E-state index in [0.717, 1.165) is 5.69 Å². The zero-order valence-corrected chi connectivity index (χ0v) is 7.09. The highest BCUT2D eigenvalue weighted by atomic mass is 28.2. The highest BCUT2D eigenvalue weighted by Gasteiger charge is 1.83. The number of nitrogens with one attached hydrogen (secondary N) is 1. The van der Waals surface area contributed by atoms with Gasteiger partial charge in [0.1, 0.15) is 0 Å². The Morgan fingerprint density at radius 3 is 2.60 bits per heavy atom. The Balaban J connectivity index is 2.52. The van der Waals surface area contributed by atoms with Gasteiger partial charge in [-0.25, -0.2) is 0 Å². The maximum Gasteiger partial charge on any atom is 0.203 e. The molecule has 0 aliphatic rings. The number of anilines is 1. The molecule has 50 valence electrons. The lowest BCUT2D eigenvalue weighted by Gasteiger charge is -1.98. The van der Waals surface area contributed by atoms with Crippen LogP contribution in [0.2, 0.25) is 0 Å². The summed E-state index contributed by atoms with van der Waals surface area (Å²) in [5.74, 6) is 0. The summed E-state index contributed by atoms with van der Waals surface area (Å²) in [6.07, 6.45) is 5.13. The highest BCUT2D eigenvalue weighted by molar-refractivity contribution is 6.49. The first-order valence-corrected chi connectivity index (χ1v) is 4.57. The normalized spacial score (nSPS) is 9.50. The van der Waals surface area contributed by atoms with Crippen LogP contribution in [0.15, 0.2) is 30.3 Å². The molecule has 2 heteroatoms. The lowest BCUT2D eigenvalue weighted by Crippen LogP contribution is -2.01. The van der Waals surface area contributed by atoms with Crippen molar-refractivity contribution in [2.75, 3.05) is 4.98 Å². The molecule has 0 atom stereocenters. The van der Waals surface area contributed by atoms with Gasteiger partial charge < -0.3 is 4.98 Å².